The zero-order valence-electron chi connectivity index (χ0n) is 19.0. The third-order valence-corrected chi connectivity index (χ3v) is 6.21. The molecule has 1 aliphatic carbocycles. The fraction of sp³-hybridized carbons (Fsp3) is 0.545. The van der Waals surface area contributed by atoms with Crippen LogP contribution in [0.4, 0.5) is 5.69 Å². The van der Waals surface area contributed by atoms with Crippen LogP contribution in [0, 0.1) is 0 Å². The molecule has 2 aromatic rings. The Morgan fingerprint density at radius 1 is 1.12 bits per heavy atom. The number of aromatic nitrogens is 2. The monoisotopic (exact) mass is 477 g/mol. The molecule has 0 unspecified atom stereocenters. The van der Waals surface area contributed by atoms with E-state index in [9.17, 15) is 18.0 Å². The highest BCUT2D eigenvalue weighted by atomic mass is 32.2. The van der Waals surface area contributed by atoms with Crippen molar-refractivity contribution in [2.75, 3.05) is 11.0 Å². The molecular formula is C22H31N5O5S. The average Bonchev–Trinajstić information content (AvgIpc) is 3.10. The molecule has 0 bridgehead atoms. The summed E-state index contributed by atoms with van der Waals surface area (Å²) in [6, 6.07) is 6.87. The lowest BCUT2D eigenvalue weighted by Gasteiger charge is -2.30. The summed E-state index contributed by atoms with van der Waals surface area (Å²) in [6.07, 6.45) is 7.15. The topological polar surface area (TPSA) is 143 Å². The van der Waals surface area contributed by atoms with Gasteiger partial charge in [-0.3, -0.25) is 14.3 Å². The first-order valence-electron chi connectivity index (χ1n) is 11.1. The van der Waals surface area contributed by atoms with E-state index in [2.05, 4.69) is 25.5 Å². The zero-order valence-corrected chi connectivity index (χ0v) is 19.8. The molecule has 11 heteroatoms. The van der Waals surface area contributed by atoms with Crippen LogP contribution in [-0.2, 0) is 38.1 Å². The summed E-state index contributed by atoms with van der Waals surface area (Å²) in [5.41, 5.74) is 0.457. The molecule has 0 aliphatic heterocycles. The molecule has 33 heavy (non-hydrogen) atoms. The predicted molar refractivity (Wildman–Crippen MR) is 123 cm³/mol. The van der Waals surface area contributed by atoms with Crippen molar-refractivity contribution in [3.05, 3.63) is 41.5 Å². The molecule has 1 fully saturated rings. The third kappa shape index (κ3) is 7.28. The van der Waals surface area contributed by atoms with E-state index in [0.29, 0.717) is 23.0 Å². The number of rotatable bonds is 9. The van der Waals surface area contributed by atoms with Crippen LogP contribution in [0.25, 0.3) is 0 Å². The van der Waals surface area contributed by atoms with Gasteiger partial charge in [-0.15, -0.1) is 0 Å². The summed E-state index contributed by atoms with van der Waals surface area (Å²) in [5, 5.41) is 9.95. The Balaban J connectivity index is 1.58. The summed E-state index contributed by atoms with van der Waals surface area (Å²) < 4.78 is 30.9. The van der Waals surface area contributed by atoms with Crippen molar-refractivity contribution in [1.29, 1.82) is 0 Å². The lowest BCUT2D eigenvalue weighted by Crippen LogP contribution is -2.45. The van der Waals surface area contributed by atoms with Gasteiger partial charge >= 0.3 is 0 Å². The third-order valence-electron chi connectivity index (χ3n) is 5.62. The summed E-state index contributed by atoms with van der Waals surface area (Å²) in [7, 11) is -3.42. The number of carbonyl (C=O) groups excluding carboxylic acids is 2. The number of sulfonamides is 1. The van der Waals surface area contributed by atoms with Crippen LogP contribution < -0.4 is 15.4 Å². The standard InChI is InChI=1S/C22H31N5O5S/c1-16(28)25-22(13-7-3-4-8-14-22)21-24-20(32-26-21)12-11-19(29)23-15-17-9-5-6-10-18(17)27-33(2,30)31/h5-6,9-10,27H,3-4,7-8,11-15H2,1-2H3,(H,23,29)(H,25,28). The summed E-state index contributed by atoms with van der Waals surface area (Å²) in [6.45, 7) is 1.67. The largest absolute Gasteiger partial charge is 0.352 e. The molecule has 1 aliphatic rings. The van der Waals surface area contributed by atoms with Crippen LogP contribution in [-0.4, -0.2) is 36.6 Å². The smallest absolute Gasteiger partial charge is 0.229 e. The number of nitrogens with zero attached hydrogens (tertiary/aromatic N) is 2. The van der Waals surface area contributed by atoms with Crippen LogP contribution in [0.15, 0.2) is 28.8 Å². The Morgan fingerprint density at radius 3 is 2.48 bits per heavy atom. The van der Waals surface area contributed by atoms with Crippen LogP contribution in [0.5, 0.6) is 0 Å². The second-order valence-electron chi connectivity index (χ2n) is 8.50. The van der Waals surface area contributed by atoms with E-state index in [1.165, 1.54) is 6.92 Å². The maximum Gasteiger partial charge on any atom is 0.229 e. The van der Waals surface area contributed by atoms with Crippen molar-refractivity contribution in [1.82, 2.24) is 20.8 Å². The van der Waals surface area contributed by atoms with Gasteiger partial charge in [0, 0.05) is 26.3 Å². The van der Waals surface area contributed by atoms with Crippen LogP contribution in [0.1, 0.15) is 69.1 Å². The van der Waals surface area contributed by atoms with Gasteiger partial charge in [0.25, 0.3) is 0 Å². The number of nitrogens with one attached hydrogen (secondary N) is 3. The van der Waals surface area contributed by atoms with Gasteiger partial charge in [-0.25, -0.2) is 8.42 Å². The number of benzene rings is 1. The molecule has 1 saturated carbocycles. The van der Waals surface area contributed by atoms with E-state index in [-0.39, 0.29) is 31.2 Å². The molecular weight excluding hydrogens is 446 g/mol. The van der Waals surface area contributed by atoms with Crippen LogP contribution in [0.2, 0.25) is 0 Å². The van der Waals surface area contributed by atoms with Crippen molar-refractivity contribution in [3.63, 3.8) is 0 Å². The van der Waals surface area contributed by atoms with Gasteiger partial charge in [-0.05, 0) is 24.5 Å². The molecule has 0 atom stereocenters. The number of amides is 2. The number of hydrogen-bond acceptors (Lipinski definition) is 7. The van der Waals surface area contributed by atoms with Gasteiger partial charge < -0.3 is 15.2 Å². The minimum Gasteiger partial charge on any atom is -0.352 e. The van der Waals surface area contributed by atoms with Gasteiger partial charge in [0.15, 0.2) is 5.82 Å². The van der Waals surface area contributed by atoms with Crippen LogP contribution in [0.3, 0.4) is 0 Å². The first kappa shape index (κ1) is 24.7. The molecule has 3 N–H and O–H groups in total. The van der Waals surface area contributed by atoms with Crippen molar-refractivity contribution >= 4 is 27.5 Å². The maximum atomic E-state index is 12.4. The number of anilines is 1. The van der Waals surface area contributed by atoms with Crippen molar-refractivity contribution in [2.45, 2.75) is 70.4 Å². The Hall–Kier alpha value is -2.95. The van der Waals surface area contributed by atoms with E-state index in [4.69, 9.17) is 4.52 Å². The molecule has 1 heterocycles. The van der Waals surface area contributed by atoms with E-state index < -0.39 is 15.6 Å². The van der Waals surface area contributed by atoms with Crippen LogP contribution >= 0.6 is 0 Å². The number of aryl methyl sites for hydroxylation is 1. The minimum absolute atomic E-state index is 0.131. The molecule has 1 aromatic heterocycles. The van der Waals surface area contributed by atoms with Gasteiger partial charge in [-0.1, -0.05) is 49.0 Å². The quantitative estimate of drug-likeness (QED) is 0.470. The average molecular weight is 478 g/mol. The molecule has 10 nitrogen and oxygen atoms in total. The Bertz CT molecular complexity index is 1070. The minimum atomic E-state index is -3.42. The second kappa shape index (κ2) is 10.8. The number of carbonyl (C=O) groups is 2. The number of para-hydroxylation sites is 1. The number of hydrogen-bond donors (Lipinski definition) is 3. The highest BCUT2D eigenvalue weighted by Gasteiger charge is 2.38. The Kier molecular flexibility index (Phi) is 8.06. The highest BCUT2D eigenvalue weighted by molar-refractivity contribution is 7.92. The molecule has 1 aromatic carbocycles. The summed E-state index contributed by atoms with van der Waals surface area (Å²) >= 11 is 0. The first-order valence-corrected chi connectivity index (χ1v) is 13.0. The molecule has 0 saturated heterocycles. The summed E-state index contributed by atoms with van der Waals surface area (Å²) in [5.74, 6) is 0.451. The van der Waals surface area contributed by atoms with E-state index >= 15 is 0 Å². The van der Waals surface area contributed by atoms with Crippen molar-refractivity contribution < 1.29 is 22.5 Å². The molecule has 3 rings (SSSR count). The predicted octanol–water partition coefficient (Wildman–Crippen LogP) is 2.38. The lowest BCUT2D eigenvalue weighted by molar-refractivity contribution is -0.122. The molecule has 0 spiro atoms. The fourth-order valence-electron chi connectivity index (χ4n) is 4.10. The van der Waals surface area contributed by atoms with Gasteiger partial charge in [-0.2, -0.15) is 4.98 Å². The first-order chi connectivity index (χ1) is 15.7. The highest BCUT2D eigenvalue weighted by Crippen LogP contribution is 2.34. The fourth-order valence-corrected chi connectivity index (χ4v) is 4.70. The van der Waals surface area contributed by atoms with E-state index in [1.807, 2.05) is 0 Å². The summed E-state index contributed by atoms with van der Waals surface area (Å²) in [4.78, 5) is 28.7. The Morgan fingerprint density at radius 2 is 1.82 bits per heavy atom. The van der Waals surface area contributed by atoms with Crippen molar-refractivity contribution in [3.8, 4) is 0 Å². The molecule has 180 valence electrons. The SMILES string of the molecule is CC(=O)NC1(c2noc(CCC(=O)NCc3ccccc3NS(C)(=O)=O)n2)CCCCCC1. The lowest BCUT2D eigenvalue weighted by atomic mass is 9.89. The second-order valence-corrected chi connectivity index (χ2v) is 10.2. The van der Waals surface area contributed by atoms with Gasteiger partial charge in [0.05, 0.1) is 11.9 Å². The maximum absolute atomic E-state index is 12.4. The van der Waals surface area contributed by atoms with Gasteiger partial charge in [0.2, 0.25) is 27.7 Å². The zero-order chi connectivity index (χ0) is 23.9. The van der Waals surface area contributed by atoms with E-state index in [0.717, 1.165) is 44.8 Å². The van der Waals surface area contributed by atoms with Gasteiger partial charge in [0.1, 0.15) is 5.54 Å². The molecule has 0 radical (unpaired) electrons. The normalized spacial score (nSPS) is 15.9. The Labute approximate surface area is 194 Å². The van der Waals surface area contributed by atoms with E-state index in [1.54, 1.807) is 24.3 Å². The van der Waals surface area contributed by atoms with Crippen molar-refractivity contribution in [2.24, 2.45) is 0 Å². The molecule has 2 amide bonds.